The first-order valence-electron chi connectivity index (χ1n) is 7.52. The van der Waals surface area contributed by atoms with Crippen molar-refractivity contribution >= 4 is 18.3 Å². The van der Waals surface area contributed by atoms with Gasteiger partial charge in [-0.1, -0.05) is 0 Å². The number of benzene rings is 1. The lowest BCUT2D eigenvalue weighted by Gasteiger charge is -2.18. The molecule has 1 amide bonds. The number of likely N-dealkylation sites (tertiary alicyclic amines) is 1. The Bertz CT molecular complexity index is 555. The van der Waals surface area contributed by atoms with E-state index in [1.54, 1.807) is 0 Å². The van der Waals surface area contributed by atoms with Gasteiger partial charge in [-0.2, -0.15) is 0 Å². The monoisotopic (exact) mass is 330 g/mol. The van der Waals surface area contributed by atoms with Crippen LogP contribution in [0.2, 0.25) is 0 Å². The predicted molar refractivity (Wildman–Crippen MR) is 82.7 cm³/mol. The van der Waals surface area contributed by atoms with Crippen LogP contribution in [0.4, 0.5) is 8.78 Å². The van der Waals surface area contributed by atoms with Gasteiger partial charge in [0.1, 0.15) is 11.6 Å². The quantitative estimate of drug-likeness (QED) is 0.925. The summed E-state index contributed by atoms with van der Waals surface area (Å²) in [5, 5.41) is 0. The summed E-state index contributed by atoms with van der Waals surface area (Å²) in [5.41, 5.74) is 6.32. The molecule has 3 atom stereocenters. The second kappa shape index (κ2) is 6.92. The Morgan fingerprint density at radius 3 is 2.77 bits per heavy atom. The third kappa shape index (κ3) is 3.41. The van der Waals surface area contributed by atoms with Crippen LogP contribution in [0.25, 0.3) is 0 Å². The highest BCUT2D eigenvalue weighted by molar-refractivity contribution is 5.85. The van der Waals surface area contributed by atoms with Gasteiger partial charge in [-0.15, -0.1) is 12.4 Å². The molecule has 122 valence electrons. The number of amides is 1. The summed E-state index contributed by atoms with van der Waals surface area (Å²) in [4.78, 5) is 14.1. The number of hydrogen-bond acceptors (Lipinski definition) is 2. The van der Waals surface area contributed by atoms with Gasteiger partial charge in [-0.05, 0) is 54.9 Å². The van der Waals surface area contributed by atoms with E-state index in [2.05, 4.69) is 0 Å². The Hall–Kier alpha value is -1.20. The molecule has 3 rings (SSSR count). The number of nitrogens with two attached hydrogens (primary N) is 1. The molecule has 3 nitrogen and oxygen atoms in total. The molecule has 1 aliphatic carbocycles. The Kier molecular flexibility index (Phi) is 5.40. The van der Waals surface area contributed by atoms with Crippen molar-refractivity contribution in [3.05, 3.63) is 35.4 Å². The van der Waals surface area contributed by atoms with Crippen LogP contribution in [0.1, 0.15) is 24.8 Å². The zero-order valence-electron chi connectivity index (χ0n) is 12.3. The lowest BCUT2D eigenvalue weighted by molar-refractivity contribution is -0.130. The molecule has 1 aromatic carbocycles. The fourth-order valence-corrected chi connectivity index (χ4v) is 3.65. The lowest BCUT2D eigenvalue weighted by Crippen LogP contribution is -2.33. The second-order valence-corrected chi connectivity index (χ2v) is 6.20. The molecule has 2 fully saturated rings. The number of aryl methyl sites for hydroxylation is 1. The molecule has 1 saturated carbocycles. The van der Waals surface area contributed by atoms with E-state index >= 15 is 0 Å². The topological polar surface area (TPSA) is 46.3 Å². The maximum Gasteiger partial charge on any atom is 0.222 e. The van der Waals surface area contributed by atoms with Gasteiger partial charge in [0.2, 0.25) is 5.91 Å². The molecule has 1 aliphatic heterocycles. The zero-order valence-corrected chi connectivity index (χ0v) is 13.1. The van der Waals surface area contributed by atoms with E-state index in [9.17, 15) is 13.6 Å². The van der Waals surface area contributed by atoms with Crippen LogP contribution in [0, 0.1) is 23.5 Å². The van der Waals surface area contributed by atoms with Crippen LogP contribution >= 0.6 is 12.4 Å². The molecule has 1 aromatic rings. The van der Waals surface area contributed by atoms with Gasteiger partial charge in [0.25, 0.3) is 0 Å². The minimum atomic E-state index is -0.472. The summed E-state index contributed by atoms with van der Waals surface area (Å²) < 4.78 is 26.6. The number of fused-ring (bicyclic) bond motifs is 1. The molecule has 0 aromatic heterocycles. The number of rotatable bonds is 3. The Labute approximate surface area is 135 Å². The van der Waals surface area contributed by atoms with E-state index in [-0.39, 0.29) is 42.8 Å². The highest BCUT2D eigenvalue weighted by Gasteiger charge is 2.42. The minimum Gasteiger partial charge on any atom is -0.342 e. The van der Waals surface area contributed by atoms with Crippen molar-refractivity contribution in [3.8, 4) is 0 Å². The summed E-state index contributed by atoms with van der Waals surface area (Å²) in [6, 6.07) is 3.56. The number of carbonyl (C=O) groups excluding carboxylic acids is 1. The molecule has 1 saturated heterocycles. The normalized spacial score (nSPS) is 26.7. The van der Waals surface area contributed by atoms with E-state index in [1.807, 2.05) is 4.90 Å². The average molecular weight is 331 g/mol. The summed E-state index contributed by atoms with van der Waals surface area (Å²) >= 11 is 0. The van der Waals surface area contributed by atoms with E-state index in [0.717, 1.165) is 44.1 Å². The van der Waals surface area contributed by atoms with Gasteiger partial charge in [-0.3, -0.25) is 4.79 Å². The SMILES string of the molecule is Cl.NC1CCC2CN(C(=O)CCc3cc(F)ccc3F)CC12. The average Bonchev–Trinajstić information content (AvgIpc) is 3.02. The van der Waals surface area contributed by atoms with Crippen molar-refractivity contribution in [2.45, 2.75) is 31.7 Å². The van der Waals surface area contributed by atoms with Gasteiger partial charge in [0, 0.05) is 25.6 Å². The van der Waals surface area contributed by atoms with E-state index in [0.29, 0.717) is 11.8 Å². The predicted octanol–water partition coefficient (Wildman–Crippen LogP) is 2.51. The smallest absolute Gasteiger partial charge is 0.222 e. The molecular formula is C16H21ClF2N2O. The summed E-state index contributed by atoms with van der Waals surface area (Å²) in [6.45, 7) is 1.49. The number of carbonyl (C=O) groups is 1. The van der Waals surface area contributed by atoms with Crippen molar-refractivity contribution in [3.63, 3.8) is 0 Å². The van der Waals surface area contributed by atoms with Gasteiger partial charge in [-0.25, -0.2) is 8.78 Å². The molecule has 2 aliphatic rings. The third-order valence-electron chi connectivity index (χ3n) is 4.88. The van der Waals surface area contributed by atoms with Crippen molar-refractivity contribution in [1.82, 2.24) is 4.90 Å². The van der Waals surface area contributed by atoms with Crippen LogP contribution in [0.3, 0.4) is 0 Å². The van der Waals surface area contributed by atoms with Crippen molar-refractivity contribution < 1.29 is 13.6 Å². The third-order valence-corrected chi connectivity index (χ3v) is 4.88. The van der Waals surface area contributed by atoms with E-state index in [4.69, 9.17) is 5.73 Å². The molecule has 22 heavy (non-hydrogen) atoms. The van der Waals surface area contributed by atoms with Crippen molar-refractivity contribution in [2.75, 3.05) is 13.1 Å². The Balaban J connectivity index is 0.00000176. The molecule has 0 radical (unpaired) electrons. The summed E-state index contributed by atoms with van der Waals surface area (Å²) in [6.07, 6.45) is 2.59. The lowest BCUT2D eigenvalue weighted by atomic mass is 9.98. The van der Waals surface area contributed by atoms with Gasteiger partial charge in [0.15, 0.2) is 0 Å². The van der Waals surface area contributed by atoms with Crippen molar-refractivity contribution in [2.24, 2.45) is 17.6 Å². The van der Waals surface area contributed by atoms with E-state index < -0.39 is 11.6 Å². The maximum absolute atomic E-state index is 13.5. The highest BCUT2D eigenvalue weighted by atomic mass is 35.5. The molecule has 1 heterocycles. The molecule has 0 spiro atoms. The molecule has 3 unspecified atom stereocenters. The highest BCUT2D eigenvalue weighted by Crippen LogP contribution is 2.37. The van der Waals surface area contributed by atoms with Crippen molar-refractivity contribution in [1.29, 1.82) is 0 Å². The molecular weight excluding hydrogens is 310 g/mol. The van der Waals surface area contributed by atoms with Crippen LogP contribution in [-0.2, 0) is 11.2 Å². The molecule has 2 N–H and O–H groups in total. The van der Waals surface area contributed by atoms with Crippen LogP contribution < -0.4 is 5.73 Å². The maximum atomic E-state index is 13.5. The standard InChI is InChI=1S/C16H20F2N2O.ClH/c17-12-3-4-14(18)10(7-12)2-6-16(21)20-8-11-1-5-15(19)13(11)9-20;/h3-4,7,11,13,15H,1-2,5-6,8-9,19H2;1H. The summed E-state index contributed by atoms with van der Waals surface area (Å²) in [7, 11) is 0. The van der Waals surface area contributed by atoms with Gasteiger partial charge in [0.05, 0.1) is 0 Å². The fraction of sp³-hybridized carbons (Fsp3) is 0.562. The van der Waals surface area contributed by atoms with Crippen LogP contribution in [0.5, 0.6) is 0 Å². The Morgan fingerprint density at radius 1 is 1.27 bits per heavy atom. The largest absolute Gasteiger partial charge is 0.342 e. The fourth-order valence-electron chi connectivity index (χ4n) is 3.65. The second-order valence-electron chi connectivity index (χ2n) is 6.20. The minimum absolute atomic E-state index is 0. The Morgan fingerprint density at radius 2 is 2.05 bits per heavy atom. The summed E-state index contributed by atoms with van der Waals surface area (Å²) in [5.74, 6) is 0.0278. The van der Waals surface area contributed by atoms with Crippen LogP contribution in [-0.4, -0.2) is 29.9 Å². The van der Waals surface area contributed by atoms with Crippen LogP contribution in [0.15, 0.2) is 18.2 Å². The van der Waals surface area contributed by atoms with E-state index in [1.165, 1.54) is 0 Å². The first kappa shape index (κ1) is 17.2. The number of nitrogens with zero attached hydrogens (tertiary/aromatic N) is 1. The first-order valence-corrected chi connectivity index (χ1v) is 7.52. The zero-order chi connectivity index (χ0) is 15.0. The number of halogens is 3. The van der Waals surface area contributed by atoms with Gasteiger partial charge >= 0.3 is 0 Å². The molecule has 0 bridgehead atoms. The molecule has 6 heteroatoms. The first-order chi connectivity index (χ1) is 10.0. The van der Waals surface area contributed by atoms with Gasteiger partial charge < -0.3 is 10.6 Å². The number of hydrogen-bond donors (Lipinski definition) is 1.